The van der Waals surface area contributed by atoms with Gasteiger partial charge in [0.05, 0.1) is 6.04 Å². The molecule has 1 heterocycles. The molecule has 4 nitrogen and oxygen atoms in total. The van der Waals surface area contributed by atoms with Gasteiger partial charge in [-0.2, -0.15) is 5.10 Å². The van der Waals surface area contributed by atoms with E-state index in [0.717, 1.165) is 18.1 Å². The summed E-state index contributed by atoms with van der Waals surface area (Å²) in [6.07, 6.45) is 0.852. The summed E-state index contributed by atoms with van der Waals surface area (Å²) in [4.78, 5) is 4.42. The molecule has 0 spiro atoms. The molecule has 1 aromatic heterocycles. The van der Waals surface area contributed by atoms with Crippen molar-refractivity contribution in [2.45, 2.75) is 40.2 Å². The van der Waals surface area contributed by atoms with E-state index in [0.29, 0.717) is 0 Å². The lowest BCUT2D eigenvalue weighted by Crippen LogP contribution is -2.29. The monoisotopic (exact) mass is 196 g/mol. The molecule has 0 radical (unpaired) electrons. The highest BCUT2D eigenvalue weighted by Crippen LogP contribution is 2.28. The fraction of sp³-hybridized carbons (Fsp3) is 0.800. The van der Waals surface area contributed by atoms with Crippen molar-refractivity contribution in [1.82, 2.24) is 14.8 Å². The highest BCUT2D eigenvalue weighted by atomic mass is 15.3. The first-order chi connectivity index (χ1) is 6.36. The van der Waals surface area contributed by atoms with Gasteiger partial charge in [0.2, 0.25) is 0 Å². The molecule has 14 heavy (non-hydrogen) atoms. The minimum atomic E-state index is -0.0692. The zero-order valence-corrected chi connectivity index (χ0v) is 9.70. The quantitative estimate of drug-likeness (QED) is 0.778. The zero-order chi connectivity index (χ0) is 10.9. The molecule has 0 aliphatic heterocycles. The smallest absolute Gasteiger partial charge is 0.150 e. The average Bonchev–Trinajstić information content (AvgIpc) is 2.43. The largest absolute Gasteiger partial charge is 0.321 e. The zero-order valence-electron chi connectivity index (χ0n) is 9.70. The van der Waals surface area contributed by atoms with Crippen LogP contribution < -0.4 is 5.73 Å². The number of aromatic nitrogens is 3. The molecule has 2 N–H and O–H groups in total. The van der Waals surface area contributed by atoms with Crippen molar-refractivity contribution in [1.29, 1.82) is 0 Å². The lowest BCUT2D eigenvalue weighted by atomic mass is 9.87. The summed E-state index contributed by atoms with van der Waals surface area (Å²) >= 11 is 0. The molecule has 1 unspecified atom stereocenters. The molecule has 0 bridgehead atoms. The van der Waals surface area contributed by atoms with Crippen LogP contribution in [0, 0.1) is 5.41 Å². The van der Waals surface area contributed by atoms with E-state index in [-0.39, 0.29) is 11.5 Å². The van der Waals surface area contributed by atoms with Crippen molar-refractivity contribution in [3.63, 3.8) is 0 Å². The summed E-state index contributed by atoms with van der Waals surface area (Å²) in [5.74, 6) is 1.73. The molecule has 0 saturated heterocycles. The topological polar surface area (TPSA) is 56.7 Å². The highest BCUT2D eigenvalue weighted by molar-refractivity contribution is 5.01. The van der Waals surface area contributed by atoms with Crippen LogP contribution in [-0.2, 0) is 13.5 Å². The Kier molecular flexibility index (Phi) is 2.95. The van der Waals surface area contributed by atoms with Crippen molar-refractivity contribution < 1.29 is 0 Å². The van der Waals surface area contributed by atoms with Gasteiger partial charge < -0.3 is 5.73 Å². The predicted molar refractivity (Wildman–Crippen MR) is 56.8 cm³/mol. The second-order valence-corrected chi connectivity index (χ2v) is 4.71. The first-order valence-corrected chi connectivity index (χ1v) is 5.01. The lowest BCUT2D eigenvalue weighted by molar-refractivity contribution is 0.308. The minimum absolute atomic E-state index is 0.0196. The van der Waals surface area contributed by atoms with Gasteiger partial charge in [-0.3, -0.25) is 4.68 Å². The number of nitrogens with zero attached hydrogens (tertiary/aromatic N) is 3. The molecule has 1 aromatic rings. The van der Waals surface area contributed by atoms with Gasteiger partial charge in [0, 0.05) is 13.5 Å². The van der Waals surface area contributed by atoms with Crippen molar-refractivity contribution in [2.24, 2.45) is 18.2 Å². The Morgan fingerprint density at radius 1 is 1.43 bits per heavy atom. The molecule has 4 heteroatoms. The second kappa shape index (κ2) is 3.69. The van der Waals surface area contributed by atoms with E-state index in [1.807, 2.05) is 14.0 Å². The van der Waals surface area contributed by atoms with E-state index in [1.54, 1.807) is 4.68 Å². The summed E-state index contributed by atoms with van der Waals surface area (Å²) in [6, 6.07) is -0.0692. The first-order valence-electron chi connectivity index (χ1n) is 5.01. The Hall–Kier alpha value is -0.900. The molecule has 80 valence electrons. The summed E-state index contributed by atoms with van der Waals surface area (Å²) in [5.41, 5.74) is 6.14. The van der Waals surface area contributed by atoms with Gasteiger partial charge in [-0.1, -0.05) is 27.7 Å². The Morgan fingerprint density at radius 2 is 2.00 bits per heavy atom. The van der Waals surface area contributed by atoms with Crippen molar-refractivity contribution in [3.8, 4) is 0 Å². The van der Waals surface area contributed by atoms with Gasteiger partial charge in [0.25, 0.3) is 0 Å². The van der Waals surface area contributed by atoms with Crippen LogP contribution in [0.2, 0.25) is 0 Å². The number of hydrogen-bond donors (Lipinski definition) is 1. The molecular formula is C10H20N4. The third kappa shape index (κ3) is 2.12. The van der Waals surface area contributed by atoms with Crippen molar-refractivity contribution in [3.05, 3.63) is 11.6 Å². The van der Waals surface area contributed by atoms with Crippen molar-refractivity contribution in [2.75, 3.05) is 0 Å². The number of hydrogen-bond acceptors (Lipinski definition) is 3. The molecule has 0 amide bonds. The number of nitrogens with two attached hydrogens (primary N) is 1. The summed E-state index contributed by atoms with van der Waals surface area (Å²) in [5, 5.41) is 4.29. The minimum Gasteiger partial charge on any atom is -0.321 e. The molecule has 0 saturated carbocycles. The Bertz CT molecular complexity index is 308. The van der Waals surface area contributed by atoms with Crippen LogP contribution in [0.1, 0.15) is 45.4 Å². The van der Waals surface area contributed by atoms with Crippen molar-refractivity contribution >= 4 is 0 Å². The molecule has 0 aliphatic rings. The summed E-state index contributed by atoms with van der Waals surface area (Å²) in [7, 11) is 1.90. The molecule has 1 rings (SSSR count). The number of aryl methyl sites for hydroxylation is 2. The first kappa shape index (κ1) is 11.2. The van der Waals surface area contributed by atoms with Crippen LogP contribution in [0.4, 0.5) is 0 Å². The van der Waals surface area contributed by atoms with Gasteiger partial charge >= 0.3 is 0 Å². The van der Waals surface area contributed by atoms with Crippen LogP contribution in [0.3, 0.4) is 0 Å². The molecule has 0 aliphatic carbocycles. The Labute approximate surface area is 85.5 Å². The van der Waals surface area contributed by atoms with E-state index in [2.05, 4.69) is 30.9 Å². The van der Waals surface area contributed by atoms with Gasteiger partial charge in [0.1, 0.15) is 5.82 Å². The van der Waals surface area contributed by atoms with Gasteiger partial charge in [-0.05, 0) is 5.41 Å². The van der Waals surface area contributed by atoms with E-state index in [1.165, 1.54) is 0 Å². The van der Waals surface area contributed by atoms with Gasteiger partial charge in [-0.25, -0.2) is 4.98 Å². The van der Waals surface area contributed by atoms with E-state index >= 15 is 0 Å². The maximum Gasteiger partial charge on any atom is 0.150 e. The van der Waals surface area contributed by atoms with Crippen LogP contribution >= 0.6 is 0 Å². The lowest BCUT2D eigenvalue weighted by Gasteiger charge is -2.25. The predicted octanol–water partition coefficient (Wildman–Crippen LogP) is 1.42. The van der Waals surface area contributed by atoms with Crippen LogP contribution in [0.5, 0.6) is 0 Å². The van der Waals surface area contributed by atoms with Crippen LogP contribution in [-0.4, -0.2) is 14.8 Å². The normalized spacial score (nSPS) is 14.4. The van der Waals surface area contributed by atoms with E-state index < -0.39 is 0 Å². The molecule has 1 atom stereocenters. The maximum atomic E-state index is 6.12. The highest BCUT2D eigenvalue weighted by Gasteiger charge is 2.26. The number of rotatable bonds is 2. The van der Waals surface area contributed by atoms with Gasteiger partial charge in [0.15, 0.2) is 5.82 Å². The molecular weight excluding hydrogens is 176 g/mol. The van der Waals surface area contributed by atoms with E-state index in [9.17, 15) is 0 Å². The third-order valence-electron chi connectivity index (χ3n) is 2.37. The van der Waals surface area contributed by atoms with E-state index in [4.69, 9.17) is 5.73 Å². The molecule has 0 fully saturated rings. The standard InChI is InChI=1S/C10H20N4/c1-6-7-12-9(14(5)13-7)8(11)10(2,3)4/h8H,6,11H2,1-5H3. The fourth-order valence-corrected chi connectivity index (χ4v) is 1.26. The third-order valence-corrected chi connectivity index (χ3v) is 2.37. The SMILES string of the molecule is CCc1nc(C(N)C(C)(C)C)n(C)n1. The van der Waals surface area contributed by atoms with Crippen LogP contribution in [0.15, 0.2) is 0 Å². The summed E-state index contributed by atoms with van der Waals surface area (Å²) < 4.78 is 1.79. The molecule has 0 aromatic carbocycles. The maximum absolute atomic E-state index is 6.12. The Balaban J connectivity index is 3.01. The van der Waals surface area contributed by atoms with Gasteiger partial charge in [-0.15, -0.1) is 0 Å². The fourth-order valence-electron chi connectivity index (χ4n) is 1.26. The average molecular weight is 196 g/mol. The van der Waals surface area contributed by atoms with Crippen LogP contribution in [0.25, 0.3) is 0 Å². The second-order valence-electron chi connectivity index (χ2n) is 4.71. The Morgan fingerprint density at radius 3 is 2.36 bits per heavy atom. The summed E-state index contributed by atoms with van der Waals surface area (Å²) in [6.45, 7) is 8.37.